The number of aromatic nitrogens is 2. The molecule has 1 heterocycles. The smallest absolute Gasteiger partial charge is 0.243 e. The zero-order valence-electron chi connectivity index (χ0n) is 23.1. The molecule has 13 heteroatoms. The van der Waals surface area contributed by atoms with Crippen molar-refractivity contribution in [3.63, 3.8) is 0 Å². The summed E-state index contributed by atoms with van der Waals surface area (Å²) in [7, 11) is -0.232. The van der Waals surface area contributed by atoms with Crippen molar-refractivity contribution < 1.29 is 27.1 Å². The van der Waals surface area contributed by atoms with Gasteiger partial charge in [0.2, 0.25) is 16.8 Å². The van der Waals surface area contributed by atoms with E-state index in [1.54, 1.807) is 66.7 Å². The summed E-state index contributed by atoms with van der Waals surface area (Å²) in [5.41, 5.74) is 2.53. The number of halogens is 1. The first kappa shape index (κ1) is 29.1. The Morgan fingerprint density at radius 3 is 2.16 bits per heavy atom. The molecule has 0 aliphatic rings. The monoisotopic (exact) mass is 602 g/mol. The minimum absolute atomic E-state index is 0.00726. The number of ether oxygens (including phenoxy) is 2. The fourth-order valence-corrected chi connectivity index (χ4v) is 4.84. The summed E-state index contributed by atoms with van der Waals surface area (Å²) >= 11 is 0. The minimum atomic E-state index is -3.27. The van der Waals surface area contributed by atoms with Crippen LogP contribution in [0.1, 0.15) is 0 Å². The molecule has 0 aliphatic heterocycles. The first-order valence-corrected chi connectivity index (χ1v) is 14.1. The van der Waals surface area contributed by atoms with Gasteiger partial charge in [0, 0.05) is 35.3 Å². The molecule has 0 atom stereocenters. The predicted octanol–water partition coefficient (Wildman–Crippen LogP) is 5.24. The van der Waals surface area contributed by atoms with Crippen molar-refractivity contribution in [2.45, 2.75) is 0 Å². The molecule has 0 fully saturated rings. The van der Waals surface area contributed by atoms with Crippen LogP contribution in [0.5, 0.6) is 11.5 Å². The summed E-state index contributed by atoms with van der Waals surface area (Å²) in [5.74, 6) is 0.341. The van der Waals surface area contributed by atoms with Crippen LogP contribution in [0.15, 0.2) is 91.0 Å². The molecule has 4 aromatic carbocycles. The van der Waals surface area contributed by atoms with E-state index in [1.807, 2.05) is 0 Å². The topological polar surface area (TPSA) is 135 Å². The molecular formula is C30H27FN6O5S. The SMILES string of the molecule is COc1cc(Nc2nc3ccccc3nc2N(c2cccc(NC(=O)CNc3cccc(F)c3)c2)[SH](=O)=O)cc(OC)c1. The van der Waals surface area contributed by atoms with Crippen molar-refractivity contribution in [3.8, 4) is 11.5 Å². The van der Waals surface area contributed by atoms with E-state index in [4.69, 9.17) is 9.47 Å². The highest BCUT2D eigenvalue weighted by Gasteiger charge is 2.21. The van der Waals surface area contributed by atoms with Gasteiger partial charge in [-0.25, -0.2) is 27.1 Å². The van der Waals surface area contributed by atoms with Gasteiger partial charge < -0.3 is 25.4 Å². The van der Waals surface area contributed by atoms with E-state index in [1.165, 1.54) is 38.5 Å². The Hall–Kier alpha value is -5.43. The van der Waals surface area contributed by atoms with E-state index in [0.29, 0.717) is 39.6 Å². The van der Waals surface area contributed by atoms with Crippen molar-refractivity contribution in [3.05, 3.63) is 96.8 Å². The first-order valence-electron chi connectivity index (χ1n) is 12.9. The molecule has 11 nitrogen and oxygen atoms in total. The number of carbonyl (C=O) groups excluding carboxylic acids is 1. The average molecular weight is 603 g/mol. The third-order valence-electron chi connectivity index (χ3n) is 6.18. The Labute approximate surface area is 248 Å². The van der Waals surface area contributed by atoms with Crippen molar-refractivity contribution in [1.29, 1.82) is 0 Å². The molecule has 0 spiro atoms. The normalized spacial score (nSPS) is 10.8. The standard InChI is InChI=1S/C30H27FN6O5S/c1-41-24-15-22(16-25(17-24)42-2)34-29-30(36-27-12-4-3-11-26(27)35-29)37(43(39)40)23-10-6-9-21(14-23)33-28(38)18-32-20-8-5-7-19(31)13-20/h3-17,32,43H,18H2,1-2H3,(H,33,38)(H,34,35). The van der Waals surface area contributed by atoms with Gasteiger partial charge in [-0.2, -0.15) is 0 Å². The van der Waals surface area contributed by atoms with Crippen LogP contribution >= 0.6 is 0 Å². The van der Waals surface area contributed by atoms with Gasteiger partial charge in [-0.1, -0.05) is 24.3 Å². The molecule has 0 bridgehead atoms. The second-order valence-electron chi connectivity index (χ2n) is 9.12. The van der Waals surface area contributed by atoms with Gasteiger partial charge in [0.1, 0.15) is 17.3 Å². The Morgan fingerprint density at radius 2 is 1.49 bits per heavy atom. The van der Waals surface area contributed by atoms with Crippen LogP contribution in [-0.4, -0.2) is 45.1 Å². The minimum Gasteiger partial charge on any atom is -0.497 e. The second-order valence-corrected chi connectivity index (χ2v) is 10.00. The molecule has 220 valence electrons. The molecule has 1 amide bonds. The average Bonchev–Trinajstić information content (AvgIpc) is 3.00. The van der Waals surface area contributed by atoms with Crippen LogP contribution in [0.3, 0.4) is 0 Å². The summed E-state index contributed by atoms with van der Waals surface area (Å²) in [6.07, 6.45) is 0. The van der Waals surface area contributed by atoms with Gasteiger partial charge in [-0.3, -0.25) is 4.79 Å². The Morgan fingerprint density at radius 1 is 0.814 bits per heavy atom. The number of benzene rings is 4. The van der Waals surface area contributed by atoms with Crippen LogP contribution in [0.2, 0.25) is 0 Å². The highest BCUT2D eigenvalue weighted by molar-refractivity contribution is 7.74. The van der Waals surface area contributed by atoms with Crippen LogP contribution in [0.25, 0.3) is 11.0 Å². The van der Waals surface area contributed by atoms with E-state index in [0.717, 1.165) is 4.31 Å². The highest BCUT2D eigenvalue weighted by atomic mass is 32.2. The molecule has 1 aromatic heterocycles. The fourth-order valence-electron chi connectivity index (χ4n) is 4.23. The van der Waals surface area contributed by atoms with Gasteiger partial charge in [0.05, 0.1) is 37.5 Å². The maximum absolute atomic E-state index is 13.4. The quantitative estimate of drug-likeness (QED) is 0.150. The Kier molecular flexibility index (Phi) is 8.82. The van der Waals surface area contributed by atoms with Crippen molar-refractivity contribution >= 4 is 62.2 Å². The van der Waals surface area contributed by atoms with Gasteiger partial charge in [-0.15, -0.1) is 0 Å². The molecule has 3 N–H and O–H groups in total. The number of amides is 1. The van der Waals surface area contributed by atoms with Gasteiger partial charge in [0.15, 0.2) is 11.6 Å². The summed E-state index contributed by atoms with van der Waals surface area (Å²) in [6, 6.07) is 24.2. The summed E-state index contributed by atoms with van der Waals surface area (Å²) in [5, 5.41) is 8.73. The van der Waals surface area contributed by atoms with E-state index < -0.39 is 22.6 Å². The largest absolute Gasteiger partial charge is 0.497 e. The van der Waals surface area contributed by atoms with Gasteiger partial charge >= 0.3 is 0 Å². The molecule has 0 saturated carbocycles. The lowest BCUT2D eigenvalue weighted by atomic mass is 10.2. The lowest BCUT2D eigenvalue weighted by molar-refractivity contribution is -0.114. The zero-order chi connectivity index (χ0) is 30.3. The number of carbonyl (C=O) groups is 1. The Bertz CT molecular complexity index is 1840. The summed E-state index contributed by atoms with van der Waals surface area (Å²) in [6.45, 7) is -0.137. The van der Waals surface area contributed by atoms with E-state index >= 15 is 0 Å². The molecule has 5 rings (SSSR count). The zero-order valence-corrected chi connectivity index (χ0v) is 24.0. The van der Waals surface area contributed by atoms with Crippen LogP contribution in [0, 0.1) is 5.82 Å². The Balaban J connectivity index is 1.48. The highest BCUT2D eigenvalue weighted by Crippen LogP contribution is 2.35. The molecule has 0 saturated heterocycles. The van der Waals surface area contributed by atoms with Crippen LogP contribution in [0.4, 0.5) is 38.8 Å². The van der Waals surface area contributed by atoms with E-state index in [9.17, 15) is 17.6 Å². The fraction of sp³-hybridized carbons (Fsp3) is 0.100. The molecule has 0 radical (unpaired) electrons. The molecule has 0 aliphatic carbocycles. The van der Waals surface area contributed by atoms with Crippen LogP contribution in [-0.2, 0) is 15.7 Å². The third-order valence-corrected chi connectivity index (χ3v) is 6.93. The van der Waals surface area contributed by atoms with E-state index in [2.05, 4.69) is 25.9 Å². The molecule has 0 unspecified atom stereocenters. The first-order chi connectivity index (χ1) is 20.8. The van der Waals surface area contributed by atoms with Crippen LogP contribution < -0.4 is 29.7 Å². The third kappa shape index (κ3) is 7.08. The molecular weight excluding hydrogens is 575 g/mol. The lowest BCUT2D eigenvalue weighted by Gasteiger charge is -2.21. The number of methoxy groups -OCH3 is 2. The number of hydrogen-bond donors (Lipinski definition) is 4. The second kappa shape index (κ2) is 13.0. The number of thiol groups is 1. The molecule has 5 aromatic rings. The number of hydrogen-bond acceptors (Lipinski definition) is 9. The molecule has 43 heavy (non-hydrogen) atoms. The van der Waals surface area contributed by atoms with Gasteiger partial charge in [-0.05, 0) is 48.5 Å². The van der Waals surface area contributed by atoms with Crippen molar-refractivity contribution in [2.75, 3.05) is 41.0 Å². The number of nitrogens with one attached hydrogen (secondary N) is 3. The number of nitrogens with zero attached hydrogens (tertiary/aromatic N) is 3. The number of fused-ring (bicyclic) bond motifs is 1. The summed E-state index contributed by atoms with van der Waals surface area (Å²) in [4.78, 5) is 21.9. The maximum Gasteiger partial charge on any atom is 0.243 e. The number of anilines is 6. The number of rotatable bonds is 11. The lowest BCUT2D eigenvalue weighted by Crippen LogP contribution is -2.22. The van der Waals surface area contributed by atoms with Crippen molar-refractivity contribution in [1.82, 2.24) is 9.97 Å². The predicted molar refractivity (Wildman–Crippen MR) is 165 cm³/mol. The number of para-hydroxylation sites is 2. The van der Waals surface area contributed by atoms with Gasteiger partial charge in [0.25, 0.3) is 0 Å². The van der Waals surface area contributed by atoms with Crippen molar-refractivity contribution in [2.24, 2.45) is 0 Å². The summed E-state index contributed by atoms with van der Waals surface area (Å²) < 4.78 is 50.7. The maximum atomic E-state index is 13.4. The van der Waals surface area contributed by atoms with E-state index in [-0.39, 0.29) is 23.9 Å².